The molecular weight excluding hydrogens is 488 g/mol. The molecule has 0 aliphatic rings. The quantitative estimate of drug-likeness (QED) is 0.0555. The molecule has 0 saturated heterocycles. The van der Waals surface area contributed by atoms with E-state index in [1.165, 1.54) is 77.0 Å². The van der Waals surface area contributed by atoms with E-state index in [0.29, 0.717) is 6.42 Å². The molecule has 0 aromatic carbocycles. The van der Waals surface area contributed by atoms with Gasteiger partial charge in [0.25, 0.3) is 0 Å². The minimum atomic E-state index is -4.64. The first-order valence-corrected chi connectivity index (χ1v) is 14.0. The zero-order valence-corrected chi connectivity index (χ0v) is 24.5. The molecule has 0 heterocycles. The second-order valence-electron chi connectivity index (χ2n) is 8.52. The van der Waals surface area contributed by atoms with E-state index >= 15 is 0 Å². The summed E-state index contributed by atoms with van der Waals surface area (Å²) >= 11 is 0. The summed E-state index contributed by atoms with van der Waals surface area (Å²) in [6.45, 7) is 2.25. The van der Waals surface area contributed by atoms with Crippen LogP contribution < -0.4 is 40.4 Å². The van der Waals surface area contributed by atoms with E-state index in [4.69, 9.17) is 25.0 Å². The Morgan fingerprint density at radius 2 is 1.11 bits per heavy atom. The van der Waals surface area contributed by atoms with Crippen molar-refractivity contribution >= 4 is 25.7 Å². The van der Waals surface area contributed by atoms with Crippen molar-refractivity contribution in [2.75, 3.05) is 0 Å². The maximum Gasteiger partial charge on any atom is 1.00 e. The number of aliphatic carboxylic acids is 1. The fourth-order valence-corrected chi connectivity index (χ4v) is 3.27. The van der Waals surface area contributed by atoms with Crippen molar-refractivity contribution in [1.82, 2.24) is 0 Å². The normalized spacial score (nSPS) is 11.6. The Hall–Kier alpha value is -0.320. The summed E-state index contributed by atoms with van der Waals surface area (Å²) in [5, 5.41) is 10.3. The van der Waals surface area contributed by atoms with E-state index in [0.717, 1.165) is 12.8 Å². The van der Waals surface area contributed by atoms with Gasteiger partial charge in [-0.15, -0.1) is 0 Å². The molecule has 0 saturated carbocycles. The van der Waals surface area contributed by atoms with E-state index < -0.39 is 31.8 Å². The zero-order valence-electron chi connectivity index (χ0n) is 21.6. The predicted molar refractivity (Wildman–Crippen MR) is 127 cm³/mol. The smallest absolute Gasteiger partial charge is 0.550 e. The number of esters is 2. The zero-order chi connectivity index (χ0) is 26.2. The fraction of sp³-hybridized carbons (Fsp3) is 0.870. The number of unbranched alkanes of at least 4 members (excludes halogenated alkanes) is 14. The molecule has 0 aliphatic carbocycles. The number of rotatable bonds is 20. The number of carboxylic acid groups (broad SMARTS) is 1. The molecule has 12 heteroatoms. The van der Waals surface area contributed by atoms with E-state index in [1.54, 1.807) is 0 Å². The first kappa shape index (κ1) is 39.2. The minimum absolute atomic E-state index is 0. The molecule has 1 atom stereocenters. The predicted octanol–water partition coefficient (Wildman–Crippen LogP) is 0.251. The van der Waals surface area contributed by atoms with Gasteiger partial charge in [0.05, 0.1) is 0 Å². The molecule has 0 rings (SSSR count). The average Bonchev–Trinajstić information content (AvgIpc) is 2.73. The van der Waals surface area contributed by atoms with Gasteiger partial charge in [0, 0.05) is 12.4 Å². The van der Waals surface area contributed by atoms with Crippen molar-refractivity contribution in [1.29, 1.82) is 0 Å². The molecule has 0 spiro atoms. The van der Waals surface area contributed by atoms with Crippen molar-refractivity contribution < 1.29 is 73.0 Å². The fourth-order valence-electron chi connectivity index (χ4n) is 3.27. The molecular formula is C23H45NNaO9P. The van der Waals surface area contributed by atoms with Crippen LogP contribution in [0.2, 0.25) is 0 Å². The van der Waals surface area contributed by atoms with Crippen LogP contribution in [0.4, 0.5) is 0 Å². The van der Waals surface area contributed by atoms with Gasteiger partial charge in [-0.05, 0) is 19.3 Å². The maximum atomic E-state index is 11.6. The van der Waals surface area contributed by atoms with Gasteiger partial charge < -0.3 is 35.1 Å². The molecule has 1 unspecified atom stereocenters. The molecule has 0 radical (unpaired) electrons. The van der Waals surface area contributed by atoms with Crippen molar-refractivity contribution in [3.63, 3.8) is 0 Å². The number of phosphoric acid groups is 1. The molecule has 202 valence electrons. The summed E-state index contributed by atoms with van der Waals surface area (Å²) in [5.74, 6) is -2.73. The third-order valence-electron chi connectivity index (χ3n) is 5.16. The Morgan fingerprint density at radius 3 is 1.46 bits per heavy atom. The average molecular weight is 534 g/mol. The number of carbonyl (C=O) groups excluding carboxylic acids is 3. The first-order chi connectivity index (χ1) is 16.0. The largest absolute Gasteiger partial charge is 1.00 e. The van der Waals surface area contributed by atoms with Crippen molar-refractivity contribution in [2.24, 2.45) is 5.73 Å². The van der Waals surface area contributed by atoms with Gasteiger partial charge in [-0.2, -0.15) is 0 Å². The number of nitrogens with two attached hydrogens (primary N) is 1. The van der Waals surface area contributed by atoms with Crippen molar-refractivity contribution in [3.8, 4) is 0 Å². The van der Waals surface area contributed by atoms with Gasteiger partial charge in [0.1, 0.15) is 6.04 Å². The molecule has 35 heavy (non-hydrogen) atoms. The van der Waals surface area contributed by atoms with E-state index in [9.17, 15) is 19.5 Å². The standard InChI is InChI=1S/C23H43NO5.Na.H3O4P/c1-2-3-4-5-6-7-8-9-10-11-12-13-14-15-16-17-22(27)29-23(28)20(24)18-19-21(25)26;;1-5(2,3)4/h20H,2-19,24H2,1H3,(H,25,26);;(H3,1,2,3,4)/q;+1;/p-1. The van der Waals surface area contributed by atoms with Crippen molar-refractivity contribution in [2.45, 2.75) is 129 Å². The maximum absolute atomic E-state index is 11.6. The molecule has 10 nitrogen and oxygen atoms in total. The second kappa shape index (κ2) is 26.7. The Balaban J connectivity index is -0.00000154. The molecule has 0 fully saturated rings. The van der Waals surface area contributed by atoms with Crippen LogP contribution in [0.5, 0.6) is 0 Å². The summed E-state index contributed by atoms with van der Waals surface area (Å²) < 4.78 is 13.5. The molecule has 0 aliphatic heterocycles. The molecule has 0 amide bonds. The van der Waals surface area contributed by atoms with Crippen LogP contribution >= 0.6 is 7.82 Å². The number of carbonyl (C=O) groups is 3. The van der Waals surface area contributed by atoms with Crippen molar-refractivity contribution in [3.05, 3.63) is 0 Å². The first-order valence-electron chi connectivity index (χ1n) is 12.5. The van der Waals surface area contributed by atoms with Crippen LogP contribution in [0.25, 0.3) is 0 Å². The Morgan fingerprint density at radius 1 is 0.771 bits per heavy atom. The summed E-state index contributed by atoms with van der Waals surface area (Å²) in [7, 11) is -4.64. The molecule has 5 N–H and O–H groups in total. The number of hydrogen-bond acceptors (Lipinski definition) is 7. The summed E-state index contributed by atoms with van der Waals surface area (Å²) in [6, 6.07) is -1.10. The van der Waals surface area contributed by atoms with Crippen LogP contribution in [0.1, 0.15) is 122 Å². The van der Waals surface area contributed by atoms with Crippen LogP contribution in [0, 0.1) is 0 Å². The summed E-state index contributed by atoms with van der Waals surface area (Å²) in [4.78, 5) is 55.0. The number of carboxylic acids is 1. The van der Waals surface area contributed by atoms with Gasteiger partial charge in [-0.1, -0.05) is 96.8 Å². The Bertz CT molecular complexity index is 579. The molecule has 0 aromatic heterocycles. The van der Waals surface area contributed by atoms with E-state index in [2.05, 4.69) is 11.7 Å². The third-order valence-corrected chi connectivity index (χ3v) is 5.16. The molecule has 0 bridgehead atoms. The van der Waals surface area contributed by atoms with Crippen LogP contribution in [0.3, 0.4) is 0 Å². The second-order valence-corrected chi connectivity index (χ2v) is 9.55. The van der Waals surface area contributed by atoms with Gasteiger partial charge >= 0.3 is 49.3 Å². The molecule has 0 aromatic rings. The third kappa shape index (κ3) is 38.4. The van der Waals surface area contributed by atoms with Gasteiger partial charge in [-0.3, -0.25) is 4.79 Å². The van der Waals surface area contributed by atoms with E-state index in [-0.39, 0.29) is 48.8 Å². The van der Waals surface area contributed by atoms with Gasteiger partial charge in [0.2, 0.25) is 0 Å². The SMILES string of the molecule is CCCCCCCCCCCCCCCCCC(=O)OC(=O)C(N)CCC(=O)[O-].O=P(O)(O)O.[Na+]. The topological polar surface area (TPSA) is 187 Å². The Kier molecular flexibility index (Phi) is 29.9. The van der Waals surface area contributed by atoms with Gasteiger partial charge in [0.15, 0.2) is 0 Å². The summed E-state index contributed by atoms with van der Waals surface area (Å²) in [5.41, 5.74) is 5.48. The van der Waals surface area contributed by atoms with Crippen LogP contribution in [-0.2, 0) is 23.7 Å². The number of ether oxygens (including phenoxy) is 1. The summed E-state index contributed by atoms with van der Waals surface area (Å²) in [6.07, 6.45) is 18.5. The monoisotopic (exact) mass is 533 g/mol. The Labute approximate surface area is 232 Å². The minimum Gasteiger partial charge on any atom is -0.550 e. The van der Waals surface area contributed by atoms with Crippen LogP contribution in [0.15, 0.2) is 0 Å². The van der Waals surface area contributed by atoms with Gasteiger partial charge in [-0.25, -0.2) is 9.36 Å². The van der Waals surface area contributed by atoms with Crippen LogP contribution in [-0.4, -0.2) is 38.6 Å². The number of hydrogen-bond donors (Lipinski definition) is 4. The van der Waals surface area contributed by atoms with E-state index in [1.807, 2.05) is 0 Å².